The summed E-state index contributed by atoms with van der Waals surface area (Å²) in [7, 11) is 0. The van der Waals surface area contributed by atoms with Crippen LogP contribution < -0.4 is 0 Å². The normalized spacial score (nSPS) is 15.8. The maximum absolute atomic E-state index is 12.7. The quantitative estimate of drug-likeness (QED) is 0.796. The fourth-order valence-electron chi connectivity index (χ4n) is 3.27. The monoisotopic (exact) mass is 356 g/mol. The maximum atomic E-state index is 12.7. The Labute approximate surface area is 155 Å². The van der Waals surface area contributed by atoms with Gasteiger partial charge in [-0.3, -0.25) is 9.69 Å². The van der Waals surface area contributed by atoms with Gasteiger partial charge in [-0.2, -0.15) is 4.98 Å². The highest BCUT2D eigenvalue weighted by Crippen LogP contribution is 2.13. The number of hydrogen-bond acceptors (Lipinski definition) is 5. The molecule has 0 N–H and O–H groups in total. The zero-order valence-corrected chi connectivity index (χ0v) is 15.8. The first-order valence-corrected chi connectivity index (χ1v) is 9.55. The molecule has 1 aromatic heterocycles. The van der Waals surface area contributed by atoms with Gasteiger partial charge in [0.1, 0.15) is 0 Å². The number of carbonyl (C=O) groups is 1. The molecule has 0 atom stereocenters. The van der Waals surface area contributed by atoms with Crippen molar-refractivity contribution in [2.24, 2.45) is 0 Å². The van der Waals surface area contributed by atoms with Crippen molar-refractivity contribution in [2.75, 3.05) is 26.2 Å². The van der Waals surface area contributed by atoms with Crippen molar-refractivity contribution in [1.82, 2.24) is 19.9 Å². The van der Waals surface area contributed by atoms with Crippen LogP contribution >= 0.6 is 0 Å². The van der Waals surface area contributed by atoms with Crippen LogP contribution in [0, 0.1) is 6.92 Å². The summed E-state index contributed by atoms with van der Waals surface area (Å²) < 4.78 is 5.38. The van der Waals surface area contributed by atoms with Gasteiger partial charge in [0.05, 0.1) is 6.54 Å². The van der Waals surface area contributed by atoms with E-state index in [1.807, 2.05) is 36.1 Å². The van der Waals surface area contributed by atoms with Gasteiger partial charge >= 0.3 is 0 Å². The predicted molar refractivity (Wildman–Crippen MR) is 99.9 cm³/mol. The van der Waals surface area contributed by atoms with Gasteiger partial charge in [-0.25, -0.2) is 0 Å². The molecule has 26 heavy (non-hydrogen) atoms. The fraction of sp³-hybridized carbons (Fsp3) is 0.550. The zero-order chi connectivity index (χ0) is 18.4. The van der Waals surface area contributed by atoms with Crippen LogP contribution in [-0.2, 0) is 13.0 Å². The minimum atomic E-state index is 0.121. The third kappa shape index (κ3) is 4.91. The molecule has 0 saturated carbocycles. The first-order valence-electron chi connectivity index (χ1n) is 9.55. The third-order valence-corrected chi connectivity index (χ3v) is 4.76. The van der Waals surface area contributed by atoms with Crippen LogP contribution in [0.15, 0.2) is 28.8 Å². The largest absolute Gasteiger partial charge is 0.338 e. The number of aromatic nitrogens is 2. The van der Waals surface area contributed by atoms with E-state index in [4.69, 9.17) is 4.52 Å². The Morgan fingerprint density at radius 1 is 1.23 bits per heavy atom. The van der Waals surface area contributed by atoms with Gasteiger partial charge < -0.3 is 9.42 Å². The maximum Gasteiger partial charge on any atom is 0.253 e. The SMILES string of the molecule is CCCCc1noc(CN2CCCN(C(=O)c3cccc(C)c3)CC2)n1. The minimum Gasteiger partial charge on any atom is -0.338 e. The second kappa shape index (κ2) is 8.94. The molecule has 0 unspecified atom stereocenters. The Bertz CT molecular complexity index is 728. The topological polar surface area (TPSA) is 62.5 Å². The average molecular weight is 356 g/mol. The Balaban J connectivity index is 1.54. The molecule has 6 nitrogen and oxygen atoms in total. The molecule has 1 aliphatic rings. The summed E-state index contributed by atoms with van der Waals surface area (Å²) in [5.74, 6) is 1.60. The lowest BCUT2D eigenvalue weighted by molar-refractivity contribution is 0.0760. The van der Waals surface area contributed by atoms with Gasteiger partial charge in [-0.05, 0) is 31.9 Å². The van der Waals surface area contributed by atoms with E-state index in [0.29, 0.717) is 12.4 Å². The van der Waals surface area contributed by atoms with Gasteiger partial charge in [0.15, 0.2) is 5.82 Å². The number of amides is 1. The average Bonchev–Trinajstić information content (AvgIpc) is 2.95. The van der Waals surface area contributed by atoms with E-state index in [9.17, 15) is 4.79 Å². The van der Waals surface area contributed by atoms with E-state index >= 15 is 0 Å². The number of nitrogens with zero attached hydrogens (tertiary/aromatic N) is 4. The highest BCUT2D eigenvalue weighted by Gasteiger charge is 2.21. The molecule has 3 rings (SSSR count). The van der Waals surface area contributed by atoms with Gasteiger partial charge in [-0.15, -0.1) is 0 Å². The first kappa shape index (κ1) is 18.6. The number of hydrogen-bond donors (Lipinski definition) is 0. The van der Waals surface area contributed by atoms with E-state index in [0.717, 1.165) is 68.8 Å². The summed E-state index contributed by atoms with van der Waals surface area (Å²) in [5.41, 5.74) is 1.89. The van der Waals surface area contributed by atoms with Crippen molar-refractivity contribution >= 4 is 5.91 Å². The summed E-state index contributed by atoms with van der Waals surface area (Å²) >= 11 is 0. The molecule has 0 radical (unpaired) electrons. The molecule has 0 aliphatic carbocycles. The molecule has 2 heterocycles. The molecule has 6 heteroatoms. The van der Waals surface area contributed by atoms with Crippen LogP contribution in [0.4, 0.5) is 0 Å². The lowest BCUT2D eigenvalue weighted by atomic mass is 10.1. The van der Waals surface area contributed by atoms with Gasteiger partial charge in [0.2, 0.25) is 5.89 Å². The standard InChI is InChI=1S/C20H28N4O2/c1-3-4-9-18-21-19(26-22-18)15-23-10-6-11-24(13-12-23)20(25)17-8-5-7-16(2)14-17/h5,7-8,14H,3-4,6,9-13,15H2,1-2H3. The fourth-order valence-corrected chi connectivity index (χ4v) is 3.27. The summed E-state index contributed by atoms with van der Waals surface area (Å²) in [4.78, 5) is 21.5. The molecule has 2 aromatic rings. The van der Waals surface area contributed by atoms with Gasteiger partial charge in [0.25, 0.3) is 5.91 Å². The Morgan fingerprint density at radius 2 is 2.12 bits per heavy atom. The molecule has 1 saturated heterocycles. The van der Waals surface area contributed by atoms with Crippen LogP contribution in [0.5, 0.6) is 0 Å². The number of benzene rings is 1. The number of rotatable bonds is 6. The van der Waals surface area contributed by atoms with E-state index in [1.165, 1.54) is 0 Å². The molecular weight excluding hydrogens is 328 g/mol. The molecule has 1 fully saturated rings. The molecule has 1 aliphatic heterocycles. The smallest absolute Gasteiger partial charge is 0.253 e. The van der Waals surface area contributed by atoms with Crippen LogP contribution in [0.1, 0.15) is 53.8 Å². The van der Waals surface area contributed by atoms with Crippen LogP contribution in [0.2, 0.25) is 0 Å². The molecule has 1 aromatic carbocycles. The first-order chi connectivity index (χ1) is 12.7. The van der Waals surface area contributed by atoms with Crippen molar-refractivity contribution in [3.8, 4) is 0 Å². The van der Waals surface area contributed by atoms with Crippen molar-refractivity contribution in [1.29, 1.82) is 0 Å². The Kier molecular flexibility index (Phi) is 6.39. The van der Waals surface area contributed by atoms with Crippen molar-refractivity contribution in [2.45, 2.75) is 46.1 Å². The lowest BCUT2D eigenvalue weighted by Gasteiger charge is -2.21. The second-order valence-corrected chi connectivity index (χ2v) is 7.00. The summed E-state index contributed by atoms with van der Waals surface area (Å²) in [5, 5.41) is 4.06. The second-order valence-electron chi connectivity index (χ2n) is 7.00. The summed E-state index contributed by atoms with van der Waals surface area (Å²) in [6.45, 7) is 8.10. The zero-order valence-electron chi connectivity index (χ0n) is 15.8. The Morgan fingerprint density at radius 3 is 2.92 bits per heavy atom. The van der Waals surface area contributed by atoms with Crippen molar-refractivity contribution in [3.63, 3.8) is 0 Å². The van der Waals surface area contributed by atoms with Gasteiger partial charge in [0, 0.05) is 38.2 Å². The molecule has 0 spiro atoms. The number of unbranched alkanes of at least 4 members (excludes halogenated alkanes) is 1. The van der Waals surface area contributed by atoms with Gasteiger partial charge in [-0.1, -0.05) is 36.2 Å². The number of aryl methyl sites for hydroxylation is 2. The molecular formula is C20H28N4O2. The number of carbonyl (C=O) groups excluding carboxylic acids is 1. The van der Waals surface area contributed by atoms with E-state index in [1.54, 1.807) is 0 Å². The highest BCUT2D eigenvalue weighted by molar-refractivity contribution is 5.94. The van der Waals surface area contributed by atoms with E-state index in [2.05, 4.69) is 22.0 Å². The highest BCUT2D eigenvalue weighted by atomic mass is 16.5. The molecule has 0 bridgehead atoms. The summed E-state index contributed by atoms with van der Waals surface area (Å²) in [6.07, 6.45) is 4.03. The summed E-state index contributed by atoms with van der Waals surface area (Å²) in [6, 6.07) is 7.81. The predicted octanol–water partition coefficient (Wildman–Crippen LogP) is 3.07. The molecule has 1 amide bonds. The minimum absolute atomic E-state index is 0.121. The molecule has 140 valence electrons. The van der Waals surface area contributed by atoms with Crippen LogP contribution in [0.25, 0.3) is 0 Å². The van der Waals surface area contributed by atoms with Crippen LogP contribution in [0.3, 0.4) is 0 Å². The van der Waals surface area contributed by atoms with Crippen molar-refractivity contribution < 1.29 is 9.32 Å². The lowest BCUT2D eigenvalue weighted by Crippen LogP contribution is -2.35. The van der Waals surface area contributed by atoms with Crippen LogP contribution in [-0.4, -0.2) is 52.0 Å². The third-order valence-electron chi connectivity index (χ3n) is 4.76. The van der Waals surface area contributed by atoms with E-state index < -0.39 is 0 Å². The Hall–Kier alpha value is -2.21. The van der Waals surface area contributed by atoms with Crippen molar-refractivity contribution in [3.05, 3.63) is 47.1 Å². The van der Waals surface area contributed by atoms with E-state index in [-0.39, 0.29) is 5.91 Å².